The van der Waals surface area contributed by atoms with E-state index < -0.39 is 16.6 Å². The topological polar surface area (TPSA) is 18.5 Å². The molecule has 0 spiro atoms. The number of halogens is 2. The Morgan fingerprint density at radius 3 is 1.73 bits per heavy atom. The average Bonchev–Trinajstić information content (AvgIpc) is 2.32. The zero-order valence-corrected chi connectivity index (χ0v) is 18.2. The highest BCUT2D eigenvalue weighted by Gasteiger charge is 2.34. The number of hydrogen-bond donors (Lipinski definition) is 0. The molecule has 0 saturated heterocycles. The first-order valence-electron chi connectivity index (χ1n) is 7.74. The van der Waals surface area contributed by atoms with E-state index in [0.717, 1.165) is 12.0 Å². The maximum Gasteiger partial charge on any atom is 0.184 e. The van der Waals surface area contributed by atoms with E-state index in [2.05, 4.69) is 46.2 Å². The van der Waals surface area contributed by atoms with E-state index in [9.17, 15) is 0 Å². The summed E-state index contributed by atoms with van der Waals surface area (Å²) in [5, 5.41) is 1.29. The van der Waals surface area contributed by atoms with E-state index in [1.54, 1.807) is 0 Å². The summed E-state index contributed by atoms with van der Waals surface area (Å²) in [7, 11) is -3.48. The van der Waals surface area contributed by atoms with E-state index in [-0.39, 0.29) is 12.2 Å². The maximum absolute atomic E-state index is 6.45. The number of rotatable bonds is 7. The van der Waals surface area contributed by atoms with E-state index in [1.807, 2.05) is 18.2 Å². The Morgan fingerprint density at radius 2 is 1.36 bits per heavy atom. The Labute approximate surface area is 147 Å². The molecule has 2 atom stereocenters. The largest absolute Gasteiger partial charge is 0.412 e. The molecule has 0 saturated carbocycles. The van der Waals surface area contributed by atoms with Gasteiger partial charge in [0.2, 0.25) is 0 Å². The lowest BCUT2D eigenvalue weighted by atomic mass is 10.0. The smallest absolute Gasteiger partial charge is 0.184 e. The molecule has 0 aliphatic carbocycles. The molecule has 0 aliphatic rings. The van der Waals surface area contributed by atoms with Crippen molar-refractivity contribution in [2.75, 3.05) is 0 Å². The van der Waals surface area contributed by atoms with Crippen molar-refractivity contribution in [2.45, 2.75) is 64.8 Å². The van der Waals surface area contributed by atoms with Gasteiger partial charge in [-0.1, -0.05) is 36.2 Å². The van der Waals surface area contributed by atoms with Gasteiger partial charge in [-0.25, -0.2) is 0 Å². The van der Waals surface area contributed by atoms with E-state index in [0.29, 0.717) is 10.0 Å². The van der Waals surface area contributed by atoms with Crippen LogP contribution in [0.3, 0.4) is 0 Å². The summed E-state index contributed by atoms with van der Waals surface area (Å²) in [5.41, 5.74) is 0.860. The van der Waals surface area contributed by atoms with Crippen LogP contribution in [0.4, 0.5) is 0 Å². The van der Waals surface area contributed by atoms with Gasteiger partial charge in [0, 0.05) is 15.6 Å². The van der Waals surface area contributed by atoms with E-state index >= 15 is 0 Å². The van der Waals surface area contributed by atoms with Crippen molar-refractivity contribution in [2.24, 2.45) is 0 Å². The normalized spacial score (nSPS) is 15.7. The highest BCUT2D eigenvalue weighted by Crippen LogP contribution is 2.38. The molecule has 0 radical (unpaired) electrons. The third-order valence-electron chi connectivity index (χ3n) is 3.01. The van der Waals surface area contributed by atoms with Crippen LogP contribution < -0.4 is 0 Å². The lowest BCUT2D eigenvalue weighted by molar-refractivity contribution is 0.0407. The molecular formula is C16H28Cl2O2Si2. The minimum atomic E-state index is -1.79. The summed E-state index contributed by atoms with van der Waals surface area (Å²) in [6, 6.07) is 5.59. The summed E-state index contributed by atoms with van der Waals surface area (Å²) in [5.74, 6) is 0. The molecule has 0 amide bonds. The van der Waals surface area contributed by atoms with Gasteiger partial charge in [-0.2, -0.15) is 0 Å². The van der Waals surface area contributed by atoms with Crippen molar-refractivity contribution in [3.05, 3.63) is 33.8 Å². The summed E-state index contributed by atoms with van der Waals surface area (Å²) in [6.45, 7) is 15.2. The number of benzene rings is 1. The van der Waals surface area contributed by atoms with Crippen LogP contribution in [0.25, 0.3) is 0 Å². The average molecular weight is 379 g/mol. The van der Waals surface area contributed by atoms with Crippen molar-refractivity contribution in [1.82, 2.24) is 0 Å². The molecule has 0 aliphatic heterocycles. The molecule has 0 unspecified atom stereocenters. The maximum atomic E-state index is 6.45. The minimum absolute atomic E-state index is 0.0317. The van der Waals surface area contributed by atoms with Crippen LogP contribution >= 0.6 is 23.2 Å². The van der Waals surface area contributed by atoms with Crippen LogP contribution in [0, 0.1) is 0 Å². The van der Waals surface area contributed by atoms with Gasteiger partial charge in [0.25, 0.3) is 0 Å². The van der Waals surface area contributed by atoms with Crippen molar-refractivity contribution in [3.63, 3.8) is 0 Å². The van der Waals surface area contributed by atoms with Crippen LogP contribution in [0.2, 0.25) is 49.3 Å². The molecule has 6 heteroatoms. The first-order valence-corrected chi connectivity index (χ1v) is 15.3. The van der Waals surface area contributed by atoms with Crippen molar-refractivity contribution in [1.29, 1.82) is 0 Å². The quantitative estimate of drug-likeness (QED) is 0.502. The Kier molecular flexibility index (Phi) is 7.18. The molecule has 2 nitrogen and oxygen atoms in total. The monoisotopic (exact) mass is 378 g/mol. The zero-order chi connectivity index (χ0) is 17.1. The molecule has 22 heavy (non-hydrogen) atoms. The lowest BCUT2D eigenvalue weighted by Gasteiger charge is -2.36. The Bertz CT molecular complexity index is 476. The van der Waals surface area contributed by atoms with Crippen molar-refractivity contribution in [3.8, 4) is 0 Å². The van der Waals surface area contributed by atoms with Crippen LogP contribution in [0.1, 0.15) is 25.0 Å². The number of hydrogen-bond acceptors (Lipinski definition) is 2. The van der Waals surface area contributed by atoms with Crippen LogP contribution in [-0.2, 0) is 8.85 Å². The van der Waals surface area contributed by atoms with Gasteiger partial charge in [0.1, 0.15) is 0 Å². The third kappa shape index (κ3) is 6.34. The van der Waals surface area contributed by atoms with Crippen molar-refractivity contribution < 1.29 is 8.85 Å². The summed E-state index contributed by atoms with van der Waals surface area (Å²) in [4.78, 5) is 0. The molecule has 0 N–H and O–H groups in total. The molecular weight excluding hydrogens is 351 g/mol. The van der Waals surface area contributed by atoms with Gasteiger partial charge in [-0.05, 0) is 57.8 Å². The first-order chi connectivity index (χ1) is 9.94. The predicted octanol–water partition coefficient (Wildman–Crippen LogP) is 6.52. The summed E-state index contributed by atoms with van der Waals surface area (Å²) >= 11 is 12.9. The first kappa shape index (κ1) is 20.2. The Morgan fingerprint density at radius 1 is 0.909 bits per heavy atom. The molecule has 1 aromatic rings. The van der Waals surface area contributed by atoms with Crippen LogP contribution in [-0.4, -0.2) is 22.7 Å². The fraction of sp³-hybridized carbons (Fsp3) is 0.625. The molecule has 1 aromatic carbocycles. The molecule has 0 bridgehead atoms. The SMILES string of the molecule is CC[C@@H](O[Si](C)(C)C)[C@H](O[Si](C)(C)C)c1c(Cl)cccc1Cl. The predicted molar refractivity (Wildman–Crippen MR) is 102 cm³/mol. The fourth-order valence-electron chi connectivity index (χ4n) is 2.30. The van der Waals surface area contributed by atoms with Crippen LogP contribution in [0.5, 0.6) is 0 Å². The third-order valence-corrected chi connectivity index (χ3v) is 5.64. The standard InChI is InChI=1S/C16H28Cl2O2Si2/c1-8-14(19-21(2,3)4)16(20-22(5,6)7)15-12(17)10-9-11-13(15)18/h9-11,14,16H,8H2,1-7H3/t14-,16+/m1/s1. The lowest BCUT2D eigenvalue weighted by Crippen LogP contribution is -2.40. The highest BCUT2D eigenvalue weighted by molar-refractivity contribution is 6.70. The molecule has 0 aromatic heterocycles. The van der Waals surface area contributed by atoms with Gasteiger partial charge in [-0.15, -0.1) is 0 Å². The van der Waals surface area contributed by atoms with Gasteiger partial charge in [-0.3, -0.25) is 0 Å². The van der Waals surface area contributed by atoms with Gasteiger partial charge < -0.3 is 8.85 Å². The molecule has 1 rings (SSSR count). The van der Waals surface area contributed by atoms with E-state index in [4.69, 9.17) is 32.1 Å². The van der Waals surface area contributed by atoms with E-state index in [1.165, 1.54) is 0 Å². The fourth-order valence-corrected chi connectivity index (χ4v) is 5.14. The van der Waals surface area contributed by atoms with Crippen molar-refractivity contribution >= 4 is 39.8 Å². The Balaban J connectivity index is 3.28. The minimum Gasteiger partial charge on any atom is -0.412 e. The zero-order valence-electron chi connectivity index (χ0n) is 14.7. The summed E-state index contributed by atoms with van der Waals surface area (Å²) in [6.07, 6.45) is 0.612. The molecule has 126 valence electrons. The second-order valence-electron chi connectivity index (χ2n) is 7.46. The Hall–Kier alpha value is 0.154. The van der Waals surface area contributed by atoms with Gasteiger partial charge >= 0.3 is 0 Å². The van der Waals surface area contributed by atoms with Crippen LogP contribution in [0.15, 0.2) is 18.2 Å². The molecule has 0 fully saturated rings. The second-order valence-corrected chi connectivity index (χ2v) is 17.2. The molecule has 0 heterocycles. The van der Waals surface area contributed by atoms with Gasteiger partial charge in [0.15, 0.2) is 16.6 Å². The van der Waals surface area contributed by atoms with Gasteiger partial charge in [0.05, 0.1) is 12.2 Å². The highest BCUT2D eigenvalue weighted by atomic mass is 35.5. The summed E-state index contributed by atoms with van der Waals surface area (Å²) < 4.78 is 12.8. The second kappa shape index (κ2) is 7.82.